The van der Waals surface area contributed by atoms with E-state index in [-0.39, 0.29) is 5.91 Å². The Balaban J connectivity index is 1.79. The van der Waals surface area contributed by atoms with Gasteiger partial charge in [0.05, 0.1) is 0 Å². The first kappa shape index (κ1) is 14.2. The van der Waals surface area contributed by atoms with Gasteiger partial charge in [-0.25, -0.2) is 0 Å². The number of fused-ring (bicyclic) bond motifs is 1. The molecule has 0 aromatic heterocycles. The van der Waals surface area contributed by atoms with Crippen LogP contribution < -0.4 is 0 Å². The van der Waals surface area contributed by atoms with Gasteiger partial charge in [-0.15, -0.1) is 11.6 Å². The van der Waals surface area contributed by atoms with Crippen LogP contribution in [0.25, 0.3) is 0 Å². The molecule has 108 valence electrons. The summed E-state index contributed by atoms with van der Waals surface area (Å²) in [5.41, 5.74) is 3.45. The van der Waals surface area contributed by atoms with Gasteiger partial charge in [0.15, 0.2) is 0 Å². The number of nitrogens with zero attached hydrogens (tertiary/aromatic N) is 1. The zero-order valence-electron chi connectivity index (χ0n) is 11.8. The SMILES string of the molecule is O=C(C(Cl)c1ccccc1)N1CCCc2ccccc2C1. The zero-order valence-corrected chi connectivity index (χ0v) is 12.6. The van der Waals surface area contributed by atoms with E-state index in [4.69, 9.17) is 11.6 Å². The third kappa shape index (κ3) is 3.11. The molecule has 3 rings (SSSR count). The monoisotopic (exact) mass is 299 g/mol. The molecule has 1 unspecified atom stereocenters. The van der Waals surface area contributed by atoms with Gasteiger partial charge in [-0.3, -0.25) is 4.79 Å². The number of aryl methyl sites for hydroxylation is 1. The standard InChI is InChI=1S/C18H18ClNO/c19-17(15-8-2-1-3-9-15)18(21)20-12-6-11-14-7-4-5-10-16(14)13-20/h1-5,7-10,17H,6,11-13H2. The van der Waals surface area contributed by atoms with Crippen molar-refractivity contribution in [2.24, 2.45) is 0 Å². The van der Waals surface area contributed by atoms with Gasteiger partial charge in [0.25, 0.3) is 0 Å². The molecule has 0 N–H and O–H groups in total. The van der Waals surface area contributed by atoms with Crippen molar-refractivity contribution in [1.29, 1.82) is 0 Å². The number of hydrogen-bond acceptors (Lipinski definition) is 1. The Hall–Kier alpha value is -1.80. The summed E-state index contributed by atoms with van der Waals surface area (Å²) in [6.45, 7) is 1.43. The van der Waals surface area contributed by atoms with Crippen molar-refractivity contribution in [2.75, 3.05) is 6.54 Å². The van der Waals surface area contributed by atoms with Crippen LogP contribution in [-0.2, 0) is 17.8 Å². The van der Waals surface area contributed by atoms with Crippen LogP contribution in [0.2, 0.25) is 0 Å². The fourth-order valence-electron chi connectivity index (χ4n) is 2.81. The quantitative estimate of drug-likeness (QED) is 0.769. The van der Waals surface area contributed by atoms with Crippen LogP contribution >= 0.6 is 11.6 Å². The summed E-state index contributed by atoms with van der Waals surface area (Å²) >= 11 is 6.38. The predicted molar refractivity (Wildman–Crippen MR) is 85.2 cm³/mol. The molecule has 0 spiro atoms. The third-order valence-electron chi connectivity index (χ3n) is 3.97. The Labute approximate surface area is 130 Å². The molecule has 0 radical (unpaired) electrons. The van der Waals surface area contributed by atoms with Crippen molar-refractivity contribution >= 4 is 17.5 Å². The molecule has 1 atom stereocenters. The fraction of sp³-hybridized carbons (Fsp3) is 0.278. The normalized spacial score (nSPS) is 16.0. The predicted octanol–water partition coefficient (Wildman–Crippen LogP) is 3.94. The lowest BCUT2D eigenvalue weighted by Crippen LogP contribution is -2.33. The maximum Gasteiger partial charge on any atom is 0.245 e. The average Bonchev–Trinajstić information content (AvgIpc) is 2.76. The largest absolute Gasteiger partial charge is 0.337 e. The smallest absolute Gasteiger partial charge is 0.245 e. The molecule has 21 heavy (non-hydrogen) atoms. The lowest BCUT2D eigenvalue weighted by Gasteiger charge is -2.23. The Morgan fingerprint density at radius 3 is 2.43 bits per heavy atom. The summed E-state index contributed by atoms with van der Waals surface area (Å²) in [5.74, 6) is -0.000398. The summed E-state index contributed by atoms with van der Waals surface area (Å²) in [6, 6.07) is 17.9. The maximum absolute atomic E-state index is 12.7. The second-order valence-corrected chi connectivity index (χ2v) is 5.84. The molecule has 3 heteroatoms. The number of amides is 1. The molecule has 2 aromatic carbocycles. The molecule has 2 nitrogen and oxygen atoms in total. The Morgan fingerprint density at radius 2 is 1.67 bits per heavy atom. The van der Waals surface area contributed by atoms with Gasteiger partial charge in [0, 0.05) is 13.1 Å². The number of benzene rings is 2. The molecule has 1 aliphatic heterocycles. The Kier molecular flexibility index (Phi) is 4.26. The number of halogens is 1. The van der Waals surface area contributed by atoms with Crippen molar-refractivity contribution in [3.8, 4) is 0 Å². The molecule has 1 heterocycles. The highest BCUT2D eigenvalue weighted by atomic mass is 35.5. The second-order valence-electron chi connectivity index (χ2n) is 5.41. The molecular weight excluding hydrogens is 282 g/mol. The molecule has 0 bridgehead atoms. The van der Waals surface area contributed by atoms with Crippen molar-refractivity contribution < 1.29 is 4.79 Å². The van der Waals surface area contributed by atoms with Crippen LogP contribution in [0.1, 0.15) is 28.5 Å². The van der Waals surface area contributed by atoms with Gasteiger partial charge in [0.1, 0.15) is 5.38 Å². The molecular formula is C18H18ClNO. The van der Waals surface area contributed by atoms with Gasteiger partial charge >= 0.3 is 0 Å². The van der Waals surface area contributed by atoms with Crippen molar-refractivity contribution in [1.82, 2.24) is 4.90 Å². The molecule has 1 aliphatic rings. The summed E-state index contributed by atoms with van der Waals surface area (Å²) < 4.78 is 0. The highest BCUT2D eigenvalue weighted by Crippen LogP contribution is 2.26. The van der Waals surface area contributed by atoms with Crippen molar-refractivity contribution in [3.05, 3.63) is 71.3 Å². The van der Waals surface area contributed by atoms with E-state index in [0.29, 0.717) is 6.54 Å². The van der Waals surface area contributed by atoms with E-state index < -0.39 is 5.38 Å². The van der Waals surface area contributed by atoms with E-state index in [1.807, 2.05) is 41.3 Å². The number of carbonyl (C=O) groups excluding carboxylic acids is 1. The van der Waals surface area contributed by atoms with E-state index >= 15 is 0 Å². The van der Waals surface area contributed by atoms with Crippen LogP contribution in [0.5, 0.6) is 0 Å². The lowest BCUT2D eigenvalue weighted by atomic mass is 10.0. The molecule has 0 aliphatic carbocycles. The average molecular weight is 300 g/mol. The molecule has 2 aromatic rings. The number of rotatable bonds is 2. The summed E-state index contributed by atoms with van der Waals surface area (Å²) in [7, 11) is 0. The van der Waals surface area contributed by atoms with Crippen molar-refractivity contribution in [2.45, 2.75) is 24.8 Å². The van der Waals surface area contributed by atoms with Gasteiger partial charge in [-0.1, -0.05) is 54.6 Å². The van der Waals surface area contributed by atoms with Crippen LogP contribution in [0.3, 0.4) is 0 Å². The van der Waals surface area contributed by atoms with E-state index in [1.54, 1.807) is 0 Å². The maximum atomic E-state index is 12.7. The third-order valence-corrected chi connectivity index (χ3v) is 4.41. The van der Waals surface area contributed by atoms with Crippen LogP contribution in [0, 0.1) is 0 Å². The Morgan fingerprint density at radius 1 is 1.00 bits per heavy atom. The van der Waals surface area contributed by atoms with Crippen LogP contribution in [0.4, 0.5) is 0 Å². The van der Waals surface area contributed by atoms with Crippen LogP contribution in [-0.4, -0.2) is 17.4 Å². The summed E-state index contributed by atoms with van der Waals surface area (Å²) in [5, 5.41) is -0.600. The van der Waals surface area contributed by atoms with E-state index in [2.05, 4.69) is 18.2 Å². The first-order chi connectivity index (χ1) is 10.3. The first-order valence-electron chi connectivity index (χ1n) is 7.30. The number of hydrogen-bond donors (Lipinski definition) is 0. The van der Waals surface area contributed by atoms with Crippen LogP contribution in [0.15, 0.2) is 54.6 Å². The highest BCUT2D eigenvalue weighted by Gasteiger charge is 2.25. The van der Waals surface area contributed by atoms with Gasteiger partial charge < -0.3 is 4.90 Å². The van der Waals surface area contributed by atoms with Gasteiger partial charge in [0.2, 0.25) is 5.91 Å². The molecule has 1 amide bonds. The summed E-state index contributed by atoms with van der Waals surface area (Å²) in [4.78, 5) is 14.5. The van der Waals surface area contributed by atoms with Gasteiger partial charge in [-0.2, -0.15) is 0 Å². The second kappa shape index (κ2) is 6.31. The lowest BCUT2D eigenvalue weighted by molar-refractivity contribution is -0.131. The minimum atomic E-state index is -0.600. The zero-order chi connectivity index (χ0) is 14.7. The number of alkyl halides is 1. The molecule has 0 saturated heterocycles. The molecule has 0 saturated carbocycles. The topological polar surface area (TPSA) is 20.3 Å². The van der Waals surface area contributed by atoms with E-state index in [9.17, 15) is 4.79 Å². The van der Waals surface area contributed by atoms with Crippen molar-refractivity contribution in [3.63, 3.8) is 0 Å². The minimum Gasteiger partial charge on any atom is -0.337 e. The van der Waals surface area contributed by atoms with E-state index in [0.717, 1.165) is 24.9 Å². The minimum absolute atomic E-state index is 0.000398. The van der Waals surface area contributed by atoms with E-state index in [1.165, 1.54) is 11.1 Å². The van der Waals surface area contributed by atoms with Gasteiger partial charge in [-0.05, 0) is 29.5 Å². The number of carbonyl (C=O) groups is 1. The Bertz CT molecular complexity index is 626. The fourth-order valence-corrected chi connectivity index (χ4v) is 3.10. The molecule has 0 fully saturated rings. The summed E-state index contributed by atoms with van der Waals surface area (Å²) in [6.07, 6.45) is 2.01. The highest BCUT2D eigenvalue weighted by molar-refractivity contribution is 6.30. The first-order valence-corrected chi connectivity index (χ1v) is 7.74.